The number of β-amino-alcohol motifs (C(OH)–C–C–N with tert-alkyl or cyclic N) is 1. The van der Waals surface area contributed by atoms with Crippen LogP contribution in [0.25, 0.3) is 0 Å². The lowest BCUT2D eigenvalue weighted by atomic mass is 10.0. The molecule has 1 rings (SSSR count). The summed E-state index contributed by atoms with van der Waals surface area (Å²) in [7, 11) is 0. The lowest BCUT2D eigenvalue weighted by Gasteiger charge is -2.32. The first-order valence-electron chi connectivity index (χ1n) is 4.99. The summed E-state index contributed by atoms with van der Waals surface area (Å²) >= 11 is 0. The molecule has 0 radical (unpaired) electrons. The van der Waals surface area contributed by atoms with Gasteiger partial charge in [-0.1, -0.05) is 6.92 Å². The minimum atomic E-state index is -0.137. The van der Waals surface area contributed by atoms with Crippen LogP contribution < -0.4 is 0 Å². The summed E-state index contributed by atoms with van der Waals surface area (Å²) in [6.45, 7) is 8.58. The Balaban J connectivity index is 2.41. The maximum Gasteiger partial charge on any atom is 0.0664 e. The van der Waals surface area contributed by atoms with Crippen molar-refractivity contribution in [3.8, 4) is 0 Å². The molecular weight excluding hydrogens is 150 g/mol. The average molecular weight is 171 g/mol. The normalized spacial score (nSPS) is 26.0. The molecule has 0 saturated carbocycles. The molecule has 0 aliphatic carbocycles. The van der Waals surface area contributed by atoms with Gasteiger partial charge in [-0.15, -0.1) is 0 Å². The molecule has 2 nitrogen and oxygen atoms in total. The molecule has 0 amide bonds. The van der Waals surface area contributed by atoms with Gasteiger partial charge in [0.25, 0.3) is 0 Å². The smallest absolute Gasteiger partial charge is 0.0664 e. The molecule has 0 unspecified atom stereocenters. The van der Waals surface area contributed by atoms with E-state index in [-0.39, 0.29) is 6.10 Å². The predicted octanol–water partition coefficient (Wildman–Crippen LogP) is 1.63. The number of hydrogen-bond acceptors (Lipinski definition) is 2. The fourth-order valence-electron chi connectivity index (χ4n) is 1.89. The van der Waals surface area contributed by atoms with E-state index in [0.717, 1.165) is 19.5 Å². The zero-order chi connectivity index (χ0) is 9.19. The summed E-state index contributed by atoms with van der Waals surface area (Å²) in [5.41, 5.74) is 0.316. The minimum Gasteiger partial charge on any atom is -0.392 e. The summed E-state index contributed by atoms with van der Waals surface area (Å²) in [6.07, 6.45) is 3.28. The van der Waals surface area contributed by atoms with Crippen molar-refractivity contribution in [2.45, 2.75) is 51.7 Å². The molecule has 0 bridgehead atoms. The van der Waals surface area contributed by atoms with E-state index in [1.807, 2.05) is 6.92 Å². The monoisotopic (exact) mass is 171 g/mol. The molecule has 72 valence electrons. The van der Waals surface area contributed by atoms with Crippen molar-refractivity contribution in [1.82, 2.24) is 4.90 Å². The van der Waals surface area contributed by atoms with Crippen molar-refractivity contribution in [3.63, 3.8) is 0 Å². The van der Waals surface area contributed by atoms with Gasteiger partial charge in [-0.25, -0.2) is 0 Å². The Kier molecular flexibility index (Phi) is 3.13. The van der Waals surface area contributed by atoms with E-state index >= 15 is 0 Å². The molecule has 1 aliphatic rings. The first kappa shape index (κ1) is 10.0. The van der Waals surface area contributed by atoms with Crippen LogP contribution in [0.5, 0.6) is 0 Å². The van der Waals surface area contributed by atoms with Crippen molar-refractivity contribution in [2.75, 3.05) is 13.1 Å². The Morgan fingerprint density at radius 2 is 2.17 bits per heavy atom. The number of nitrogens with zero attached hydrogens (tertiary/aromatic N) is 1. The van der Waals surface area contributed by atoms with Gasteiger partial charge in [0.1, 0.15) is 0 Å². The predicted molar refractivity (Wildman–Crippen MR) is 51.2 cm³/mol. The quantitative estimate of drug-likeness (QED) is 0.697. The highest BCUT2D eigenvalue weighted by Crippen LogP contribution is 2.28. The number of rotatable bonds is 3. The number of hydrogen-bond donors (Lipinski definition) is 1. The second-order valence-corrected chi connectivity index (χ2v) is 4.42. The molecule has 0 aromatic carbocycles. The first-order chi connectivity index (χ1) is 5.56. The van der Waals surface area contributed by atoms with Gasteiger partial charge in [0, 0.05) is 12.1 Å². The highest BCUT2D eigenvalue weighted by atomic mass is 16.3. The summed E-state index contributed by atoms with van der Waals surface area (Å²) < 4.78 is 0. The van der Waals surface area contributed by atoms with Crippen LogP contribution in [-0.4, -0.2) is 34.7 Å². The molecule has 1 fully saturated rings. The van der Waals surface area contributed by atoms with Gasteiger partial charge in [-0.2, -0.15) is 0 Å². The highest BCUT2D eigenvalue weighted by Gasteiger charge is 2.32. The summed E-state index contributed by atoms with van der Waals surface area (Å²) in [5, 5.41) is 9.51. The molecule has 1 saturated heterocycles. The molecule has 12 heavy (non-hydrogen) atoms. The van der Waals surface area contributed by atoms with Crippen molar-refractivity contribution < 1.29 is 5.11 Å². The largest absolute Gasteiger partial charge is 0.392 e. The van der Waals surface area contributed by atoms with Crippen molar-refractivity contribution in [3.05, 3.63) is 0 Å². The van der Waals surface area contributed by atoms with Crippen LogP contribution in [0.2, 0.25) is 0 Å². The lowest BCUT2D eigenvalue weighted by Crippen LogP contribution is -2.42. The summed E-state index contributed by atoms with van der Waals surface area (Å²) in [5.74, 6) is 0. The standard InChI is InChI=1S/C10H21NO/c1-4-9(12)8-11-7-5-6-10(11,2)3/h9,12H,4-8H2,1-3H3/t9-/m1/s1. The second-order valence-electron chi connectivity index (χ2n) is 4.42. The average Bonchev–Trinajstić information content (AvgIpc) is 2.31. The van der Waals surface area contributed by atoms with Gasteiger partial charge in [0.15, 0.2) is 0 Å². The summed E-state index contributed by atoms with van der Waals surface area (Å²) in [4.78, 5) is 2.40. The Morgan fingerprint density at radius 1 is 1.50 bits per heavy atom. The molecule has 1 heterocycles. The Bertz CT molecular complexity index is 145. The number of aliphatic hydroxyl groups is 1. The van der Waals surface area contributed by atoms with E-state index in [9.17, 15) is 5.11 Å². The van der Waals surface area contributed by atoms with Crippen molar-refractivity contribution in [1.29, 1.82) is 0 Å². The van der Waals surface area contributed by atoms with Gasteiger partial charge in [-0.3, -0.25) is 4.90 Å². The SMILES string of the molecule is CC[C@@H](O)CN1CCCC1(C)C. The Hall–Kier alpha value is -0.0800. The van der Waals surface area contributed by atoms with E-state index in [4.69, 9.17) is 0 Å². The Morgan fingerprint density at radius 3 is 2.58 bits per heavy atom. The molecule has 2 heteroatoms. The number of aliphatic hydroxyl groups excluding tert-OH is 1. The van der Waals surface area contributed by atoms with Gasteiger partial charge >= 0.3 is 0 Å². The zero-order valence-corrected chi connectivity index (χ0v) is 8.51. The third-order valence-electron chi connectivity index (χ3n) is 2.98. The third-order valence-corrected chi connectivity index (χ3v) is 2.98. The number of likely N-dealkylation sites (tertiary alicyclic amines) is 1. The van der Waals surface area contributed by atoms with E-state index in [1.54, 1.807) is 0 Å². The van der Waals surface area contributed by atoms with Crippen LogP contribution in [0.1, 0.15) is 40.0 Å². The maximum atomic E-state index is 9.51. The molecule has 1 atom stereocenters. The van der Waals surface area contributed by atoms with Crippen LogP contribution in [0.3, 0.4) is 0 Å². The minimum absolute atomic E-state index is 0.137. The topological polar surface area (TPSA) is 23.5 Å². The first-order valence-corrected chi connectivity index (χ1v) is 4.99. The van der Waals surface area contributed by atoms with E-state index in [1.165, 1.54) is 12.8 Å². The second kappa shape index (κ2) is 3.75. The lowest BCUT2D eigenvalue weighted by molar-refractivity contribution is 0.0758. The fraction of sp³-hybridized carbons (Fsp3) is 1.00. The summed E-state index contributed by atoms with van der Waals surface area (Å²) in [6, 6.07) is 0. The molecular formula is C10H21NO. The van der Waals surface area contributed by atoms with Crippen LogP contribution >= 0.6 is 0 Å². The third kappa shape index (κ3) is 2.20. The van der Waals surface area contributed by atoms with Gasteiger partial charge in [0.05, 0.1) is 6.10 Å². The van der Waals surface area contributed by atoms with Crippen LogP contribution in [0, 0.1) is 0 Å². The molecule has 0 spiro atoms. The molecule has 0 aromatic heterocycles. The van der Waals surface area contributed by atoms with E-state index in [2.05, 4.69) is 18.7 Å². The molecule has 0 aromatic rings. The van der Waals surface area contributed by atoms with Gasteiger partial charge in [0.2, 0.25) is 0 Å². The highest BCUT2D eigenvalue weighted by molar-refractivity contribution is 4.88. The van der Waals surface area contributed by atoms with Crippen molar-refractivity contribution in [2.24, 2.45) is 0 Å². The zero-order valence-electron chi connectivity index (χ0n) is 8.51. The van der Waals surface area contributed by atoms with Gasteiger partial charge in [-0.05, 0) is 39.7 Å². The molecule has 1 aliphatic heterocycles. The fourth-order valence-corrected chi connectivity index (χ4v) is 1.89. The van der Waals surface area contributed by atoms with Gasteiger partial charge < -0.3 is 5.11 Å². The van der Waals surface area contributed by atoms with E-state index < -0.39 is 0 Å². The molecule has 1 N–H and O–H groups in total. The maximum absolute atomic E-state index is 9.51. The van der Waals surface area contributed by atoms with Crippen LogP contribution in [0.4, 0.5) is 0 Å². The Labute approximate surface area is 75.6 Å². The van der Waals surface area contributed by atoms with E-state index in [0.29, 0.717) is 5.54 Å². The van der Waals surface area contributed by atoms with Crippen molar-refractivity contribution >= 4 is 0 Å². The van der Waals surface area contributed by atoms with Crippen LogP contribution in [0.15, 0.2) is 0 Å². The van der Waals surface area contributed by atoms with Crippen LogP contribution in [-0.2, 0) is 0 Å².